The van der Waals surface area contributed by atoms with Crippen molar-refractivity contribution in [1.82, 2.24) is 0 Å². The molecule has 0 amide bonds. The summed E-state index contributed by atoms with van der Waals surface area (Å²) in [5.41, 5.74) is 0.795. The van der Waals surface area contributed by atoms with E-state index in [-0.39, 0.29) is 17.1 Å². The van der Waals surface area contributed by atoms with Crippen LogP contribution in [0.25, 0.3) is 0 Å². The van der Waals surface area contributed by atoms with Gasteiger partial charge in [-0.05, 0) is 58.5 Å². The van der Waals surface area contributed by atoms with Crippen molar-refractivity contribution in [1.29, 1.82) is 0 Å². The van der Waals surface area contributed by atoms with Gasteiger partial charge >= 0.3 is 5.97 Å². The molecule has 0 aliphatic rings. The van der Waals surface area contributed by atoms with Crippen LogP contribution in [0.15, 0.2) is 47.4 Å². The van der Waals surface area contributed by atoms with E-state index in [1.807, 2.05) is 6.07 Å². The van der Waals surface area contributed by atoms with E-state index < -0.39 is 16.0 Å². The van der Waals surface area contributed by atoms with E-state index in [0.717, 1.165) is 3.57 Å². The van der Waals surface area contributed by atoms with Crippen LogP contribution in [0.5, 0.6) is 5.75 Å². The van der Waals surface area contributed by atoms with Crippen LogP contribution in [-0.4, -0.2) is 26.6 Å². The molecule has 0 aromatic heterocycles. The van der Waals surface area contributed by atoms with Crippen molar-refractivity contribution >= 4 is 44.3 Å². The number of methoxy groups -OCH3 is 1. The van der Waals surface area contributed by atoms with Crippen LogP contribution in [0.4, 0.5) is 5.69 Å². The topological polar surface area (TPSA) is 92.7 Å². The van der Waals surface area contributed by atoms with Gasteiger partial charge in [0.2, 0.25) is 0 Å². The van der Waals surface area contributed by atoms with Gasteiger partial charge in [0.05, 0.1) is 13.5 Å². The molecule has 0 saturated heterocycles. The number of ether oxygens (including phenoxy) is 1. The Morgan fingerprint density at radius 2 is 2.00 bits per heavy atom. The van der Waals surface area contributed by atoms with Gasteiger partial charge in [0.1, 0.15) is 10.6 Å². The molecule has 0 unspecified atom stereocenters. The van der Waals surface area contributed by atoms with E-state index in [2.05, 4.69) is 27.3 Å². The summed E-state index contributed by atoms with van der Waals surface area (Å²) in [6, 6.07) is 11.2. The molecule has 0 bridgehead atoms. The summed E-state index contributed by atoms with van der Waals surface area (Å²) in [7, 11) is -2.54. The first kappa shape index (κ1) is 17.5. The number of carboxylic acids is 1. The Morgan fingerprint density at radius 3 is 2.61 bits per heavy atom. The van der Waals surface area contributed by atoms with Crippen LogP contribution >= 0.6 is 22.6 Å². The summed E-state index contributed by atoms with van der Waals surface area (Å²) in [5, 5.41) is 8.86. The zero-order chi connectivity index (χ0) is 17.0. The van der Waals surface area contributed by atoms with Crippen LogP contribution in [0.3, 0.4) is 0 Å². The van der Waals surface area contributed by atoms with E-state index in [9.17, 15) is 13.2 Å². The normalized spacial score (nSPS) is 11.0. The lowest BCUT2D eigenvalue weighted by molar-refractivity contribution is -0.136. The number of hydrogen-bond donors (Lipinski definition) is 2. The number of sulfonamides is 1. The quantitative estimate of drug-likeness (QED) is 0.665. The molecule has 0 fully saturated rings. The van der Waals surface area contributed by atoms with E-state index in [0.29, 0.717) is 11.3 Å². The zero-order valence-electron chi connectivity index (χ0n) is 12.1. The lowest BCUT2D eigenvalue weighted by Gasteiger charge is -2.13. The molecular weight excluding hydrogens is 433 g/mol. The summed E-state index contributed by atoms with van der Waals surface area (Å²) in [6.07, 6.45) is -0.268. The average molecular weight is 447 g/mol. The molecule has 0 atom stereocenters. The fourth-order valence-corrected chi connectivity index (χ4v) is 3.79. The highest BCUT2D eigenvalue weighted by Gasteiger charge is 2.21. The van der Waals surface area contributed by atoms with Crippen molar-refractivity contribution in [3.63, 3.8) is 0 Å². The van der Waals surface area contributed by atoms with E-state index in [1.54, 1.807) is 18.2 Å². The molecule has 2 N–H and O–H groups in total. The molecule has 2 aromatic carbocycles. The monoisotopic (exact) mass is 447 g/mol. The highest BCUT2D eigenvalue weighted by atomic mass is 127. The fourth-order valence-electron chi connectivity index (χ4n) is 1.98. The predicted molar refractivity (Wildman–Crippen MR) is 94.3 cm³/mol. The summed E-state index contributed by atoms with van der Waals surface area (Å²) in [6.45, 7) is 0. The summed E-state index contributed by atoms with van der Waals surface area (Å²) in [4.78, 5) is 10.7. The Labute approximate surface area is 147 Å². The molecule has 2 rings (SSSR count). The second kappa shape index (κ2) is 7.18. The van der Waals surface area contributed by atoms with Gasteiger partial charge in [-0.25, -0.2) is 8.42 Å². The summed E-state index contributed by atoms with van der Waals surface area (Å²) in [5.74, 6) is -0.888. The van der Waals surface area contributed by atoms with E-state index in [1.165, 1.54) is 25.3 Å². The molecule has 0 radical (unpaired) electrons. The van der Waals surface area contributed by atoms with Gasteiger partial charge < -0.3 is 9.84 Å². The average Bonchev–Trinajstić information content (AvgIpc) is 2.46. The van der Waals surface area contributed by atoms with Gasteiger partial charge in [-0.1, -0.05) is 12.1 Å². The Hall–Kier alpha value is -1.81. The fraction of sp³-hybridized carbons (Fsp3) is 0.133. The number of anilines is 1. The van der Waals surface area contributed by atoms with Crippen LogP contribution in [0.2, 0.25) is 0 Å². The number of benzene rings is 2. The molecule has 0 heterocycles. The maximum Gasteiger partial charge on any atom is 0.307 e. The molecule has 0 saturated carbocycles. The molecule has 23 heavy (non-hydrogen) atoms. The van der Waals surface area contributed by atoms with Crippen LogP contribution in [-0.2, 0) is 21.2 Å². The maximum atomic E-state index is 12.6. The number of carboxylic acid groups (broad SMARTS) is 1. The molecular formula is C15H14INO5S. The third-order valence-electron chi connectivity index (χ3n) is 2.95. The van der Waals surface area contributed by atoms with Crippen molar-refractivity contribution < 1.29 is 23.1 Å². The largest absolute Gasteiger partial charge is 0.495 e. The first-order valence-corrected chi connectivity index (χ1v) is 9.05. The smallest absolute Gasteiger partial charge is 0.307 e. The summed E-state index contributed by atoms with van der Waals surface area (Å²) < 4.78 is 33.6. The molecule has 8 heteroatoms. The Bertz CT molecular complexity index is 836. The van der Waals surface area contributed by atoms with Gasteiger partial charge in [-0.3, -0.25) is 9.52 Å². The maximum absolute atomic E-state index is 12.6. The van der Waals surface area contributed by atoms with Crippen LogP contribution in [0.1, 0.15) is 5.56 Å². The predicted octanol–water partition coefficient (Wildman–Crippen LogP) is 2.73. The number of aliphatic carboxylic acids is 1. The lowest BCUT2D eigenvalue weighted by atomic mass is 10.1. The second-order valence-corrected chi connectivity index (χ2v) is 7.57. The molecule has 2 aromatic rings. The molecule has 6 nitrogen and oxygen atoms in total. The molecule has 122 valence electrons. The Balaban J connectivity index is 2.42. The standard InChI is InChI=1S/C15H14INO5S/c1-22-13-6-5-10(8-15(18)19)7-14(13)23(20,21)17-12-4-2-3-11(16)9-12/h2-7,9,17H,8H2,1H3,(H,18,19). The number of halogens is 1. The van der Waals surface area contributed by atoms with E-state index in [4.69, 9.17) is 9.84 Å². The van der Waals surface area contributed by atoms with Crippen molar-refractivity contribution in [2.24, 2.45) is 0 Å². The number of rotatable bonds is 6. The Kier molecular flexibility index (Phi) is 5.47. The minimum Gasteiger partial charge on any atom is -0.495 e. The Morgan fingerprint density at radius 1 is 1.26 bits per heavy atom. The van der Waals surface area contributed by atoms with Gasteiger partial charge in [-0.15, -0.1) is 0 Å². The van der Waals surface area contributed by atoms with Gasteiger partial charge in [0.15, 0.2) is 0 Å². The number of nitrogens with one attached hydrogen (secondary N) is 1. The van der Waals surface area contributed by atoms with Crippen molar-refractivity contribution in [2.45, 2.75) is 11.3 Å². The highest BCUT2D eigenvalue weighted by Crippen LogP contribution is 2.27. The number of hydrogen-bond acceptors (Lipinski definition) is 4. The molecule has 0 spiro atoms. The van der Waals surface area contributed by atoms with Gasteiger partial charge in [0.25, 0.3) is 10.0 Å². The van der Waals surface area contributed by atoms with Crippen molar-refractivity contribution in [3.8, 4) is 5.75 Å². The first-order valence-electron chi connectivity index (χ1n) is 6.49. The molecule has 0 aliphatic carbocycles. The third-order valence-corrected chi connectivity index (χ3v) is 5.02. The van der Waals surface area contributed by atoms with Crippen molar-refractivity contribution in [2.75, 3.05) is 11.8 Å². The SMILES string of the molecule is COc1ccc(CC(=O)O)cc1S(=O)(=O)Nc1cccc(I)c1. The second-order valence-electron chi connectivity index (χ2n) is 4.67. The molecule has 0 aliphatic heterocycles. The summed E-state index contributed by atoms with van der Waals surface area (Å²) >= 11 is 2.08. The minimum absolute atomic E-state index is 0.0994. The van der Waals surface area contributed by atoms with Crippen LogP contribution in [0, 0.1) is 3.57 Å². The van der Waals surface area contributed by atoms with Crippen LogP contribution < -0.4 is 9.46 Å². The number of carbonyl (C=O) groups is 1. The lowest BCUT2D eigenvalue weighted by Crippen LogP contribution is -2.15. The zero-order valence-corrected chi connectivity index (χ0v) is 15.1. The van der Waals surface area contributed by atoms with E-state index >= 15 is 0 Å². The van der Waals surface area contributed by atoms with Gasteiger partial charge in [-0.2, -0.15) is 0 Å². The third kappa shape index (κ3) is 4.58. The van der Waals surface area contributed by atoms with Gasteiger partial charge in [0, 0.05) is 9.26 Å². The highest BCUT2D eigenvalue weighted by molar-refractivity contribution is 14.1. The van der Waals surface area contributed by atoms with Crippen molar-refractivity contribution in [3.05, 3.63) is 51.6 Å². The first-order chi connectivity index (χ1) is 10.8. The minimum atomic E-state index is -3.90.